The Kier molecular flexibility index (Phi) is 4.72. The van der Waals surface area contributed by atoms with Crippen LogP contribution in [-0.2, 0) is 6.54 Å². The van der Waals surface area contributed by atoms with Crippen molar-refractivity contribution >= 4 is 15.9 Å². The summed E-state index contributed by atoms with van der Waals surface area (Å²) in [5, 5.41) is 3.33. The van der Waals surface area contributed by atoms with Gasteiger partial charge in [-0.3, -0.25) is 0 Å². The number of halogens is 3. The summed E-state index contributed by atoms with van der Waals surface area (Å²) >= 11 is 3.33. The standard InChI is InChI=1S/C13H14BrF2NO/c14-10-5-6-12(18-13(15)16)9(7-10)8-17-11-3-1-2-4-11/h1-2,5-7,11,13,17H,3-4,8H2. The first kappa shape index (κ1) is 13.5. The smallest absolute Gasteiger partial charge is 0.387 e. The third kappa shape index (κ3) is 3.78. The van der Waals surface area contributed by atoms with Crippen LogP contribution < -0.4 is 10.1 Å². The van der Waals surface area contributed by atoms with Gasteiger partial charge in [0.25, 0.3) is 0 Å². The monoisotopic (exact) mass is 317 g/mol. The number of alkyl halides is 2. The first-order chi connectivity index (χ1) is 8.65. The highest BCUT2D eigenvalue weighted by molar-refractivity contribution is 9.10. The average Bonchev–Trinajstić information content (AvgIpc) is 2.82. The Balaban J connectivity index is 2.01. The van der Waals surface area contributed by atoms with Crippen molar-refractivity contribution in [1.82, 2.24) is 5.32 Å². The number of hydrogen-bond donors (Lipinski definition) is 1. The van der Waals surface area contributed by atoms with Crippen LogP contribution >= 0.6 is 15.9 Å². The fourth-order valence-electron chi connectivity index (χ4n) is 1.94. The number of ether oxygens (including phenoxy) is 1. The lowest BCUT2D eigenvalue weighted by atomic mass is 10.1. The number of hydrogen-bond acceptors (Lipinski definition) is 2. The third-order valence-electron chi connectivity index (χ3n) is 2.83. The van der Waals surface area contributed by atoms with Gasteiger partial charge in [-0.2, -0.15) is 8.78 Å². The van der Waals surface area contributed by atoms with E-state index in [4.69, 9.17) is 0 Å². The van der Waals surface area contributed by atoms with E-state index in [-0.39, 0.29) is 5.75 Å². The Hall–Kier alpha value is -0.940. The van der Waals surface area contributed by atoms with Crippen molar-refractivity contribution in [2.45, 2.75) is 32.0 Å². The molecule has 0 aromatic heterocycles. The van der Waals surface area contributed by atoms with Crippen LogP contribution in [0.1, 0.15) is 18.4 Å². The summed E-state index contributed by atoms with van der Waals surface area (Å²) in [4.78, 5) is 0. The van der Waals surface area contributed by atoms with Gasteiger partial charge in [0, 0.05) is 22.6 Å². The second-order valence-corrected chi connectivity index (χ2v) is 5.07. The SMILES string of the molecule is FC(F)Oc1ccc(Br)cc1CNC1CC=CC1. The van der Waals surface area contributed by atoms with E-state index < -0.39 is 6.61 Å². The van der Waals surface area contributed by atoms with Gasteiger partial charge in [0.05, 0.1) is 0 Å². The zero-order valence-corrected chi connectivity index (χ0v) is 11.3. The van der Waals surface area contributed by atoms with Gasteiger partial charge in [0.15, 0.2) is 0 Å². The zero-order chi connectivity index (χ0) is 13.0. The molecule has 0 atom stereocenters. The van der Waals surface area contributed by atoms with Crippen LogP contribution in [-0.4, -0.2) is 12.7 Å². The topological polar surface area (TPSA) is 21.3 Å². The van der Waals surface area contributed by atoms with Crippen molar-refractivity contribution in [2.24, 2.45) is 0 Å². The van der Waals surface area contributed by atoms with Crippen LogP contribution in [0.5, 0.6) is 5.75 Å². The Labute approximate surface area is 113 Å². The third-order valence-corrected chi connectivity index (χ3v) is 3.32. The van der Waals surface area contributed by atoms with Crippen molar-refractivity contribution in [3.63, 3.8) is 0 Å². The molecule has 18 heavy (non-hydrogen) atoms. The maximum atomic E-state index is 12.3. The highest BCUT2D eigenvalue weighted by atomic mass is 79.9. The summed E-state index contributed by atoms with van der Waals surface area (Å²) in [6, 6.07) is 5.44. The number of nitrogens with one attached hydrogen (secondary N) is 1. The Morgan fingerprint density at radius 1 is 1.33 bits per heavy atom. The molecule has 0 bridgehead atoms. The molecule has 2 rings (SSSR count). The Morgan fingerprint density at radius 3 is 2.72 bits per heavy atom. The fourth-order valence-corrected chi connectivity index (χ4v) is 2.34. The molecule has 0 amide bonds. The van der Waals surface area contributed by atoms with Crippen LogP contribution in [0, 0.1) is 0 Å². The van der Waals surface area contributed by atoms with E-state index >= 15 is 0 Å². The van der Waals surface area contributed by atoms with E-state index in [1.54, 1.807) is 18.2 Å². The summed E-state index contributed by atoms with van der Waals surface area (Å²) in [6.07, 6.45) is 6.21. The normalized spacial score (nSPS) is 15.6. The second kappa shape index (κ2) is 6.29. The molecule has 0 saturated carbocycles. The minimum atomic E-state index is -2.79. The summed E-state index contributed by atoms with van der Waals surface area (Å²) < 4.78 is 29.9. The van der Waals surface area contributed by atoms with E-state index in [0.717, 1.165) is 22.9 Å². The minimum Gasteiger partial charge on any atom is -0.434 e. The van der Waals surface area contributed by atoms with Gasteiger partial charge < -0.3 is 10.1 Å². The maximum Gasteiger partial charge on any atom is 0.387 e. The molecule has 0 heterocycles. The van der Waals surface area contributed by atoms with Crippen LogP contribution in [0.25, 0.3) is 0 Å². The van der Waals surface area contributed by atoms with Crippen molar-refractivity contribution in [1.29, 1.82) is 0 Å². The average molecular weight is 318 g/mol. The lowest BCUT2D eigenvalue weighted by Crippen LogP contribution is -2.26. The van der Waals surface area contributed by atoms with Gasteiger partial charge >= 0.3 is 6.61 Å². The molecule has 1 aromatic rings. The predicted octanol–water partition coefficient (Wildman–Crippen LogP) is 3.86. The van der Waals surface area contributed by atoms with Gasteiger partial charge in [-0.15, -0.1) is 0 Å². The maximum absolute atomic E-state index is 12.3. The van der Waals surface area contributed by atoms with Crippen LogP contribution in [0.2, 0.25) is 0 Å². The molecular formula is C13H14BrF2NO. The molecule has 0 radical (unpaired) electrons. The molecule has 1 aliphatic rings. The van der Waals surface area contributed by atoms with Crippen molar-refractivity contribution in [2.75, 3.05) is 0 Å². The number of rotatable bonds is 5. The molecule has 98 valence electrons. The molecule has 1 aromatic carbocycles. The van der Waals surface area contributed by atoms with Crippen molar-refractivity contribution in [3.8, 4) is 5.75 Å². The Morgan fingerprint density at radius 2 is 2.06 bits per heavy atom. The van der Waals surface area contributed by atoms with E-state index in [1.165, 1.54) is 0 Å². The Bertz CT molecular complexity index is 429. The quantitative estimate of drug-likeness (QED) is 0.833. The van der Waals surface area contributed by atoms with E-state index in [2.05, 4.69) is 38.1 Å². The lowest BCUT2D eigenvalue weighted by Gasteiger charge is -2.15. The molecule has 5 heteroatoms. The molecule has 0 aliphatic heterocycles. The largest absolute Gasteiger partial charge is 0.434 e. The van der Waals surface area contributed by atoms with Gasteiger partial charge in [0.1, 0.15) is 5.75 Å². The molecule has 0 unspecified atom stereocenters. The predicted molar refractivity (Wildman–Crippen MR) is 69.8 cm³/mol. The molecule has 2 nitrogen and oxygen atoms in total. The highest BCUT2D eigenvalue weighted by Crippen LogP contribution is 2.25. The molecule has 0 saturated heterocycles. The molecular weight excluding hydrogens is 304 g/mol. The molecule has 1 N–H and O–H groups in total. The summed E-state index contributed by atoms with van der Waals surface area (Å²) in [6.45, 7) is -2.27. The van der Waals surface area contributed by atoms with Crippen LogP contribution in [0.4, 0.5) is 8.78 Å². The second-order valence-electron chi connectivity index (χ2n) is 4.15. The van der Waals surface area contributed by atoms with Crippen molar-refractivity contribution in [3.05, 3.63) is 40.4 Å². The molecule has 0 fully saturated rings. The highest BCUT2D eigenvalue weighted by Gasteiger charge is 2.13. The van der Waals surface area contributed by atoms with Gasteiger partial charge in [-0.05, 0) is 31.0 Å². The zero-order valence-electron chi connectivity index (χ0n) is 9.70. The van der Waals surface area contributed by atoms with Gasteiger partial charge in [-0.1, -0.05) is 28.1 Å². The van der Waals surface area contributed by atoms with Crippen LogP contribution in [0.15, 0.2) is 34.8 Å². The van der Waals surface area contributed by atoms with E-state index in [1.807, 2.05) is 0 Å². The first-order valence-electron chi connectivity index (χ1n) is 5.77. The van der Waals surface area contributed by atoms with E-state index in [0.29, 0.717) is 12.6 Å². The minimum absolute atomic E-state index is 0.228. The number of benzene rings is 1. The van der Waals surface area contributed by atoms with Crippen molar-refractivity contribution < 1.29 is 13.5 Å². The van der Waals surface area contributed by atoms with Gasteiger partial charge in [-0.25, -0.2) is 0 Å². The summed E-state index contributed by atoms with van der Waals surface area (Å²) in [5.41, 5.74) is 0.733. The summed E-state index contributed by atoms with van der Waals surface area (Å²) in [7, 11) is 0. The lowest BCUT2D eigenvalue weighted by molar-refractivity contribution is -0.0505. The van der Waals surface area contributed by atoms with Gasteiger partial charge in [0.2, 0.25) is 0 Å². The molecule has 0 spiro atoms. The summed E-state index contributed by atoms with van der Waals surface area (Å²) in [5.74, 6) is 0.228. The fraction of sp³-hybridized carbons (Fsp3) is 0.385. The molecule has 1 aliphatic carbocycles. The first-order valence-corrected chi connectivity index (χ1v) is 6.56. The van der Waals surface area contributed by atoms with E-state index in [9.17, 15) is 8.78 Å². The van der Waals surface area contributed by atoms with Crippen LogP contribution in [0.3, 0.4) is 0 Å².